The third kappa shape index (κ3) is 2.52. The molecule has 0 saturated heterocycles. The number of nitrogens with zero attached hydrogens (tertiary/aromatic N) is 4. The Labute approximate surface area is 107 Å². The summed E-state index contributed by atoms with van der Waals surface area (Å²) >= 11 is 3.38. The molecule has 2 aromatic rings. The smallest absolute Gasteiger partial charge is 0.252 e. The fourth-order valence-corrected chi connectivity index (χ4v) is 1.82. The molecular weight excluding hydrogens is 282 g/mol. The fraction of sp³-hybridized carbons (Fsp3) is 0.182. The molecule has 1 unspecified atom stereocenters. The first-order valence-electron chi connectivity index (χ1n) is 5.01. The van der Waals surface area contributed by atoms with E-state index in [0.29, 0.717) is 6.54 Å². The number of rotatable bonds is 3. The lowest BCUT2D eigenvalue weighted by Gasteiger charge is -2.14. The van der Waals surface area contributed by atoms with Crippen LogP contribution in [0.1, 0.15) is 17.4 Å². The average Bonchev–Trinajstić information content (AvgIpc) is 2.81. The summed E-state index contributed by atoms with van der Waals surface area (Å²) in [7, 11) is 0. The highest BCUT2D eigenvalue weighted by Crippen LogP contribution is 2.19. The van der Waals surface area contributed by atoms with Crippen molar-refractivity contribution in [2.24, 2.45) is 5.73 Å². The SMILES string of the molecule is N#Cc1ncn(C(CN)c2ccc(Br)cc2)n1. The van der Waals surface area contributed by atoms with Gasteiger partial charge in [0.15, 0.2) is 0 Å². The van der Waals surface area contributed by atoms with Crippen LogP contribution in [0.25, 0.3) is 0 Å². The monoisotopic (exact) mass is 291 g/mol. The highest BCUT2D eigenvalue weighted by Gasteiger charge is 2.13. The Kier molecular flexibility index (Phi) is 3.52. The summed E-state index contributed by atoms with van der Waals surface area (Å²) in [6.45, 7) is 0.399. The molecule has 2 N–H and O–H groups in total. The number of hydrogen-bond acceptors (Lipinski definition) is 4. The van der Waals surface area contributed by atoms with Gasteiger partial charge in [-0.05, 0) is 17.7 Å². The van der Waals surface area contributed by atoms with Gasteiger partial charge in [-0.25, -0.2) is 9.67 Å². The minimum atomic E-state index is -0.0994. The molecule has 17 heavy (non-hydrogen) atoms. The Balaban J connectivity index is 2.33. The van der Waals surface area contributed by atoms with Crippen molar-refractivity contribution in [3.63, 3.8) is 0 Å². The van der Waals surface area contributed by atoms with Crippen LogP contribution in [0, 0.1) is 11.3 Å². The van der Waals surface area contributed by atoms with E-state index < -0.39 is 0 Å². The standard InChI is InChI=1S/C11H10BrN5/c12-9-3-1-8(2-4-9)10(5-13)17-7-15-11(6-14)16-17/h1-4,7,10H,5,13H2. The van der Waals surface area contributed by atoms with Gasteiger partial charge in [-0.1, -0.05) is 28.1 Å². The predicted molar refractivity (Wildman–Crippen MR) is 66.1 cm³/mol. The normalized spacial score (nSPS) is 12.1. The maximum Gasteiger partial charge on any atom is 0.252 e. The zero-order valence-corrected chi connectivity index (χ0v) is 10.5. The molecule has 0 aliphatic heterocycles. The summed E-state index contributed by atoms with van der Waals surface area (Å²) in [5, 5.41) is 12.7. The summed E-state index contributed by atoms with van der Waals surface area (Å²) < 4.78 is 2.62. The van der Waals surface area contributed by atoms with Gasteiger partial charge < -0.3 is 5.73 Å². The van der Waals surface area contributed by atoms with Crippen LogP contribution in [0.3, 0.4) is 0 Å². The molecule has 0 aliphatic rings. The van der Waals surface area contributed by atoms with Crippen LogP contribution in [-0.4, -0.2) is 21.3 Å². The number of aromatic nitrogens is 3. The molecule has 6 heteroatoms. The summed E-state index contributed by atoms with van der Waals surface area (Å²) in [6, 6.07) is 9.62. The van der Waals surface area contributed by atoms with Gasteiger partial charge in [0.2, 0.25) is 0 Å². The summed E-state index contributed by atoms with van der Waals surface area (Å²) in [5.74, 6) is 0.153. The molecule has 1 atom stereocenters. The third-order valence-corrected chi connectivity index (χ3v) is 2.93. The zero-order chi connectivity index (χ0) is 12.3. The zero-order valence-electron chi connectivity index (χ0n) is 8.92. The quantitative estimate of drug-likeness (QED) is 0.928. The molecule has 0 saturated carbocycles. The van der Waals surface area contributed by atoms with Crippen molar-refractivity contribution >= 4 is 15.9 Å². The van der Waals surface area contributed by atoms with Crippen molar-refractivity contribution in [1.29, 1.82) is 5.26 Å². The highest BCUT2D eigenvalue weighted by molar-refractivity contribution is 9.10. The first-order chi connectivity index (χ1) is 8.24. The molecule has 0 radical (unpaired) electrons. The molecular formula is C11H10BrN5. The van der Waals surface area contributed by atoms with E-state index in [0.717, 1.165) is 10.0 Å². The van der Waals surface area contributed by atoms with E-state index in [-0.39, 0.29) is 11.9 Å². The number of hydrogen-bond donors (Lipinski definition) is 1. The van der Waals surface area contributed by atoms with Crippen LogP contribution in [0.15, 0.2) is 35.1 Å². The fourth-order valence-electron chi connectivity index (χ4n) is 1.56. The molecule has 0 amide bonds. The van der Waals surface area contributed by atoms with E-state index >= 15 is 0 Å². The van der Waals surface area contributed by atoms with Gasteiger partial charge in [-0.2, -0.15) is 5.26 Å². The van der Waals surface area contributed by atoms with Crippen LogP contribution >= 0.6 is 15.9 Å². The van der Waals surface area contributed by atoms with E-state index in [9.17, 15) is 0 Å². The summed E-state index contributed by atoms with van der Waals surface area (Å²) in [4.78, 5) is 3.87. The average molecular weight is 292 g/mol. The lowest BCUT2D eigenvalue weighted by Crippen LogP contribution is -2.21. The molecule has 1 aromatic heterocycles. The Morgan fingerprint density at radius 3 is 2.65 bits per heavy atom. The lowest BCUT2D eigenvalue weighted by atomic mass is 10.1. The van der Waals surface area contributed by atoms with Crippen molar-refractivity contribution in [2.75, 3.05) is 6.54 Å². The minimum Gasteiger partial charge on any atom is -0.328 e. The van der Waals surface area contributed by atoms with Crippen LogP contribution < -0.4 is 5.73 Å². The van der Waals surface area contributed by atoms with Crippen molar-refractivity contribution < 1.29 is 0 Å². The van der Waals surface area contributed by atoms with E-state index in [4.69, 9.17) is 11.0 Å². The molecule has 0 aliphatic carbocycles. The number of nitriles is 1. The second-order valence-corrected chi connectivity index (χ2v) is 4.38. The Morgan fingerprint density at radius 2 is 2.12 bits per heavy atom. The maximum absolute atomic E-state index is 8.69. The first kappa shape index (κ1) is 11.8. The number of nitrogens with two attached hydrogens (primary N) is 1. The molecule has 2 rings (SSSR count). The largest absolute Gasteiger partial charge is 0.328 e. The minimum absolute atomic E-state index is 0.0994. The summed E-state index contributed by atoms with van der Waals surface area (Å²) in [5.41, 5.74) is 6.77. The van der Waals surface area contributed by atoms with Gasteiger partial charge >= 0.3 is 0 Å². The van der Waals surface area contributed by atoms with Crippen LogP contribution in [0.5, 0.6) is 0 Å². The highest BCUT2D eigenvalue weighted by atomic mass is 79.9. The van der Waals surface area contributed by atoms with Crippen molar-refractivity contribution in [2.45, 2.75) is 6.04 Å². The van der Waals surface area contributed by atoms with Gasteiger partial charge in [0, 0.05) is 11.0 Å². The molecule has 0 fully saturated rings. The van der Waals surface area contributed by atoms with Crippen LogP contribution in [-0.2, 0) is 0 Å². The Hall–Kier alpha value is -1.71. The predicted octanol–water partition coefficient (Wildman–Crippen LogP) is 1.46. The maximum atomic E-state index is 8.69. The van der Waals surface area contributed by atoms with E-state index in [1.165, 1.54) is 6.33 Å². The topological polar surface area (TPSA) is 80.5 Å². The molecule has 5 nitrogen and oxygen atoms in total. The Bertz CT molecular complexity index is 540. The van der Waals surface area contributed by atoms with Crippen LogP contribution in [0.4, 0.5) is 0 Å². The number of benzene rings is 1. The second kappa shape index (κ2) is 5.08. The molecule has 1 aromatic carbocycles. The molecule has 1 heterocycles. The first-order valence-corrected chi connectivity index (χ1v) is 5.80. The van der Waals surface area contributed by atoms with Gasteiger partial charge in [0.25, 0.3) is 5.82 Å². The van der Waals surface area contributed by atoms with E-state index in [1.807, 2.05) is 30.3 Å². The number of halogens is 1. The van der Waals surface area contributed by atoms with Crippen molar-refractivity contribution in [3.05, 3.63) is 46.5 Å². The van der Waals surface area contributed by atoms with Gasteiger partial charge in [-0.3, -0.25) is 0 Å². The van der Waals surface area contributed by atoms with E-state index in [2.05, 4.69) is 26.0 Å². The lowest BCUT2D eigenvalue weighted by molar-refractivity contribution is 0.529. The van der Waals surface area contributed by atoms with E-state index in [1.54, 1.807) is 4.68 Å². The van der Waals surface area contributed by atoms with Gasteiger partial charge in [0.1, 0.15) is 12.4 Å². The van der Waals surface area contributed by atoms with Crippen molar-refractivity contribution in [1.82, 2.24) is 14.8 Å². The third-order valence-electron chi connectivity index (χ3n) is 2.41. The molecule has 0 spiro atoms. The van der Waals surface area contributed by atoms with Crippen LogP contribution in [0.2, 0.25) is 0 Å². The van der Waals surface area contributed by atoms with Gasteiger partial charge in [-0.15, -0.1) is 5.10 Å². The van der Waals surface area contributed by atoms with Gasteiger partial charge in [0.05, 0.1) is 6.04 Å². The Morgan fingerprint density at radius 1 is 1.41 bits per heavy atom. The molecule has 0 bridgehead atoms. The molecule has 86 valence electrons. The van der Waals surface area contributed by atoms with Crippen molar-refractivity contribution in [3.8, 4) is 6.07 Å². The summed E-state index contributed by atoms with van der Waals surface area (Å²) in [6.07, 6.45) is 1.53. The second-order valence-electron chi connectivity index (χ2n) is 3.46.